The molecule has 2 rings (SSSR count). The summed E-state index contributed by atoms with van der Waals surface area (Å²) in [5, 5.41) is 0. The van der Waals surface area contributed by atoms with Crippen LogP contribution < -0.4 is 15.2 Å². The van der Waals surface area contributed by atoms with Gasteiger partial charge in [-0.1, -0.05) is 18.5 Å². The average Bonchev–Trinajstić information content (AvgIpc) is 2.92. The molecule has 0 bridgehead atoms. The van der Waals surface area contributed by atoms with Crippen molar-refractivity contribution in [1.82, 2.24) is 0 Å². The highest BCUT2D eigenvalue weighted by molar-refractivity contribution is 7.16. The van der Waals surface area contributed by atoms with Crippen LogP contribution in [-0.2, 0) is 0 Å². The van der Waals surface area contributed by atoms with Crippen LogP contribution in [0.2, 0.25) is 4.34 Å². The molecule has 0 aliphatic heterocycles. The first-order chi connectivity index (χ1) is 10.1. The zero-order chi connectivity index (χ0) is 15.2. The third-order valence-corrected chi connectivity index (χ3v) is 4.43. The van der Waals surface area contributed by atoms with E-state index < -0.39 is 0 Å². The summed E-state index contributed by atoms with van der Waals surface area (Å²) in [7, 11) is 0. The second-order valence-electron chi connectivity index (χ2n) is 4.66. The number of thiophene rings is 1. The maximum absolute atomic E-state index is 6.20. The fourth-order valence-electron chi connectivity index (χ4n) is 1.98. The van der Waals surface area contributed by atoms with Crippen LogP contribution in [0.1, 0.15) is 31.2 Å². The van der Waals surface area contributed by atoms with Crippen LogP contribution in [0.15, 0.2) is 36.4 Å². The quantitative estimate of drug-likeness (QED) is 0.805. The number of hydrogen-bond donors (Lipinski definition) is 1. The van der Waals surface area contributed by atoms with Crippen molar-refractivity contribution < 1.29 is 9.47 Å². The van der Waals surface area contributed by atoms with Crippen molar-refractivity contribution in [2.45, 2.75) is 32.4 Å². The molecule has 2 unspecified atom stereocenters. The molecule has 21 heavy (non-hydrogen) atoms. The Kier molecular flexibility index (Phi) is 5.91. The molecule has 2 N–H and O–H groups in total. The SMILES string of the molecule is CCOc1ccc(OC(c2ccc(Cl)s2)C(N)CC)cc1. The first kappa shape index (κ1) is 16.1. The van der Waals surface area contributed by atoms with Crippen molar-refractivity contribution in [1.29, 1.82) is 0 Å². The molecule has 0 saturated heterocycles. The summed E-state index contributed by atoms with van der Waals surface area (Å²) in [5.41, 5.74) is 6.20. The van der Waals surface area contributed by atoms with E-state index in [4.69, 9.17) is 26.8 Å². The highest BCUT2D eigenvalue weighted by atomic mass is 35.5. The predicted octanol–water partition coefficient (Wildman–Crippen LogP) is 4.66. The van der Waals surface area contributed by atoms with E-state index in [1.165, 1.54) is 11.3 Å². The van der Waals surface area contributed by atoms with Crippen LogP contribution in [0.3, 0.4) is 0 Å². The summed E-state index contributed by atoms with van der Waals surface area (Å²) in [5.74, 6) is 1.61. The second kappa shape index (κ2) is 7.69. The summed E-state index contributed by atoms with van der Waals surface area (Å²) >= 11 is 7.52. The van der Waals surface area contributed by atoms with Gasteiger partial charge in [0.1, 0.15) is 17.6 Å². The van der Waals surface area contributed by atoms with Gasteiger partial charge in [0, 0.05) is 10.9 Å². The summed E-state index contributed by atoms with van der Waals surface area (Å²) in [4.78, 5) is 1.04. The fourth-order valence-corrected chi connectivity index (χ4v) is 3.15. The third kappa shape index (κ3) is 4.37. The van der Waals surface area contributed by atoms with E-state index in [9.17, 15) is 0 Å². The minimum absolute atomic E-state index is 0.0775. The molecule has 114 valence electrons. The Balaban J connectivity index is 2.15. The monoisotopic (exact) mass is 325 g/mol. The fraction of sp³-hybridized carbons (Fsp3) is 0.375. The Hall–Kier alpha value is -1.23. The number of hydrogen-bond acceptors (Lipinski definition) is 4. The molecular weight excluding hydrogens is 306 g/mol. The maximum atomic E-state index is 6.20. The predicted molar refractivity (Wildman–Crippen MR) is 88.6 cm³/mol. The Bertz CT molecular complexity index is 556. The van der Waals surface area contributed by atoms with Gasteiger partial charge in [-0.15, -0.1) is 11.3 Å². The van der Waals surface area contributed by atoms with Gasteiger partial charge in [-0.2, -0.15) is 0 Å². The van der Waals surface area contributed by atoms with Crippen molar-refractivity contribution in [3.63, 3.8) is 0 Å². The van der Waals surface area contributed by atoms with E-state index in [0.717, 1.165) is 27.1 Å². The van der Waals surface area contributed by atoms with Gasteiger partial charge in [-0.3, -0.25) is 0 Å². The van der Waals surface area contributed by atoms with Gasteiger partial charge in [0.05, 0.1) is 10.9 Å². The minimum Gasteiger partial charge on any atom is -0.494 e. The molecule has 0 amide bonds. The van der Waals surface area contributed by atoms with Crippen molar-refractivity contribution in [3.8, 4) is 11.5 Å². The normalized spacial score (nSPS) is 13.7. The minimum atomic E-state index is -0.189. The van der Waals surface area contributed by atoms with Gasteiger partial charge in [0.15, 0.2) is 0 Å². The van der Waals surface area contributed by atoms with Crippen LogP contribution in [0.5, 0.6) is 11.5 Å². The zero-order valence-electron chi connectivity index (χ0n) is 12.2. The van der Waals surface area contributed by atoms with Crippen LogP contribution in [0.4, 0.5) is 0 Å². The van der Waals surface area contributed by atoms with Crippen molar-refractivity contribution >= 4 is 22.9 Å². The first-order valence-electron chi connectivity index (χ1n) is 7.04. The van der Waals surface area contributed by atoms with Crippen molar-refractivity contribution in [2.75, 3.05) is 6.61 Å². The zero-order valence-corrected chi connectivity index (χ0v) is 13.8. The summed E-state index contributed by atoms with van der Waals surface area (Å²) in [6.45, 7) is 4.66. The lowest BCUT2D eigenvalue weighted by Crippen LogP contribution is -2.30. The Morgan fingerprint density at radius 3 is 2.29 bits per heavy atom. The third-order valence-electron chi connectivity index (χ3n) is 3.13. The van der Waals surface area contributed by atoms with E-state index >= 15 is 0 Å². The number of nitrogens with two attached hydrogens (primary N) is 1. The first-order valence-corrected chi connectivity index (χ1v) is 8.23. The van der Waals surface area contributed by atoms with Crippen molar-refractivity contribution in [2.24, 2.45) is 5.73 Å². The molecule has 2 aromatic rings. The van der Waals surface area contributed by atoms with Crippen LogP contribution >= 0.6 is 22.9 Å². The number of ether oxygens (including phenoxy) is 2. The summed E-state index contributed by atoms with van der Waals surface area (Å²) in [6, 6.07) is 11.4. The molecule has 2 atom stereocenters. The highest BCUT2D eigenvalue weighted by Gasteiger charge is 2.22. The molecular formula is C16H20ClNO2S. The smallest absolute Gasteiger partial charge is 0.148 e. The number of rotatable bonds is 7. The van der Waals surface area contributed by atoms with E-state index in [1.807, 2.05) is 43.3 Å². The molecule has 1 aromatic heterocycles. The second-order valence-corrected chi connectivity index (χ2v) is 6.40. The molecule has 0 aliphatic carbocycles. The molecule has 0 saturated carbocycles. The topological polar surface area (TPSA) is 44.5 Å². The van der Waals surface area contributed by atoms with Gasteiger partial charge in [-0.25, -0.2) is 0 Å². The lowest BCUT2D eigenvalue weighted by atomic mass is 10.1. The molecule has 1 heterocycles. The lowest BCUT2D eigenvalue weighted by molar-refractivity contribution is 0.174. The van der Waals surface area contributed by atoms with Gasteiger partial charge in [-0.05, 0) is 49.7 Å². The number of halogens is 1. The Morgan fingerprint density at radius 2 is 1.76 bits per heavy atom. The number of benzene rings is 1. The molecule has 0 radical (unpaired) electrons. The van der Waals surface area contributed by atoms with Crippen LogP contribution in [0.25, 0.3) is 0 Å². The lowest BCUT2D eigenvalue weighted by Gasteiger charge is -2.23. The van der Waals surface area contributed by atoms with Gasteiger partial charge < -0.3 is 15.2 Å². The maximum Gasteiger partial charge on any atom is 0.148 e. The van der Waals surface area contributed by atoms with Crippen LogP contribution in [0, 0.1) is 0 Å². The Morgan fingerprint density at radius 1 is 1.10 bits per heavy atom. The highest BCUT2D eigenvalue weighted by Crippen LogP contribution is 2.33. The van der Waals surface area contributed by atoms with Gasteiger partial charge in [0.25, 0.3) is 0 Å². The van der Waals surface area contributed by atoms with E-state index in [1.54, 1.807) is 0 Å². The standard InChI is InChI=1S/C16H20ClNO2S/c1-3-13(18)16(14-9-10-15(17)21-14)20-12-7-5-11(6-8-12)19-4-2/h5-10,13,16H,3-4,18H2,1-2H3. The molecule has 5 heteroatoms. The largest absolute Gasteiger partial charge is 0.494 e. The Labute approximate surface area is 134 Å². The van der Waals surface area contributed by atoms with Crippen LogP contribution in [-0.4, -0.2) is 12.6 Å². The molecule has 0 aliphatic rings. The molecule has 0 fully saturated rings. The van der Waals surface area contributed by atoms with Gasteiger partial charge in [0.2, 0.25) is 0 Å². The van der Waals surface area contributed by atoms with Crippen molar-refractivity contribution in [3.05, 3.63) is 45.6 Å². The van der Waals surface area contributed by atoms with E-state index in [0.29, 0.717) is 6.61 Å². The van der Waals surface area contributed by atoms with E-state index in [2.05, 4.69) is 6.92 Å². The average molecular weight is 326 g/mol. The van der Waals surface area contributed by atoms with Gasteiger partial charge >= 0.3 is 0 Å². The molecule has 0 spiro atoms. The molecule has 3 nitrogen and oxygen atoms in total. The van der Waals surface area contributed by atoms with E-state index in [-0.39, 0.29) is 12.1 Å². The molecule has 1 aromatic carbocycles. The summed E-state index contributed by atoms with van der Waals surface area (Å²) < 4.78 is 12.2. The summed E-state index contributed by atoms with van der Waals surface area (Å²) in [6.07, 6.45) is 0.641.